The topological polar surface area (TPSA) is 64.4 Å². The first-order valence-corrected chi connectivity index (χ1v) is 7.59. The van der Waals surface area contributed by atoms with Gasteiger partial charge in [-0.25, -0.2) is 0 Å². The van der Waals surface area contributed by atoms with E-state index in [2.05, 4.69) is 5.32 Å². The minimum Gasteiger partial charge on any atom is -0.457 e. The molecule has 0 aromatic heterocycles. The second-order valence-electron chi connectivity index (χ2n) is 5.76. The molecule has 0 bridgehead atoms. The van der Waals surface area contributed by atoms with Gasteiger partial charge < -0.3 is 15.8 Å². The first-order valence-electron chi connectivity index (χ1n) is 7.59. The number of amides is 1. The number of carbonyl (C=O) groups is 1. The third kappa shape index (κ3) is 4.24. The van der Waals surface area contributed by atoms with E-state index in [0.717, 1.165) is 31.4 Å². The molecule has 0 atom stereocenters. The van der Waals surface area contributed by atoms with Crippen molar-refractivity contribution in [2.75, 3.05) is 5.32 Å². The highest BCUT2D eigenvalue weighted by Crippen LogP contribution is 2.29. The predicted molar refractivity (Wildman–Crippen MR) is 94.2 cm³/mol. The molecule has 1 fully saturated rings. The molecule has 1 aliphatic rings. The molecule has 1 amide bonds. The fraction of sp³-hybridized carbons (Fsp3) is 0.278. The Hall–Kier alpha value is -2.04. The maximum Gasteiger partial charge on any atom is 0.244 e. The van der Waals surface area contributed by atoms with Gasteiger partial charge >= 0.3 is 0 Å². The van der Waals surface area contributed by atoms with Crippen LogP contribution in [0.25, 0.3) is 0 Å². The Bertz CT molecular complexity index is 655. The molecule has 0 saturated heterocycles. The van der Waals surface area contributed by atoms with Crippen LogP contribution in [0.4, 0.5) is 5.69 Å². The Kier molecular flexibility index (Phi) is 5.64. The summed E-state index contributed by atoms with van der Waals surface area (Å²) >= 11 is 0. The third-order valence-corrected chi connectivity index (χ3v) is 4.02. The second-order valence-corrected chi connectivity index (χ2v) is 5.76. The summed E-state index contributed by atoms with van der Waals surface area (Å²) in [5.41, 5.74) is 6.15. The maximum absolute atomic E-state index is 12.3. The fourth-order valence-corrected chi connectivity index (χ4v) is 2.75. The number of carbonyl (C=O) groups excluding carboxylic acids is 1. The van der Waals surface area contributed by atoms with Crippen LogP contribution >= 0.6 is 12.4 Å². The van der Waals surface area contributed by atoms with Crippen molar-refractivity contribution in [1.29, 1.82) is 0 Å². The fourth-order valence-electron chi connectivity index (χ4n) is 2.75. The number of ether oxygens (including phenoxy) is 1. The number of hydrogen-bond donors (Lipinski definition) is 2. The number of para-hydroxylation sites is 1. The van der Waals surface area contributed by atoms with E-state index in [1.165, 1.54) is 0 Å². The highest BCUT2D eigenvalue weighted by atomic mass is 35.5. The maximum atomic E-state index is 12.3. The van der Waals surface area contributed by atoms with Gasteiger partial charge in [0.1, 0.15) is 11.5 Å². The zero-order valence-corrected chi connectivity index (χ0v) is 13.6. The summed E-state index contributed by atoms with van der Waals surface area (Å²) in [5, 5.41) is 2.91. The van der Waals surface area contributed by atoms with Crippen LogP contribution in [0.15, 0.2) is 54.6 Å². The van der Waals surface area contributed by atoms with E-state index in [-0.39, 0.29) is 18.3 Å². The average Bonchev–Trinajstić information content (AvgIpc) is 2.97. The SMILES string of the molecule is Cl.NC1(C(=O)Nc2cccc(Oc3ccccc3)c2)CCCC1. The van der Waals surface area contributed by atoms with E-state index in [1.807, 2.05) is 54.6 Å². The van der Waals surface area contributed by atoms with E-state index in [0.29, 0.717) is 11.4 Å². The smallest absolute Gasteiger partial charge is 0.244 e. The largest absolute Gasteiger partial charge is 0.457 e. The van der Waals surface area contributed by atoms with Crippen molar-refractivity contribution in [3.05, 3.63) is 54.6 Å². The van der Waals surface area contributed by atoms with Gasteiger partial charge in [0.05, 0.1) is 5.54 Å². The standard InChI is InChI=1S/C18H20N2O2.ClH/c19-18(11-4-5-12-18)17(21)20-14-7-6-10-16(13-14)22-15-8-2-1-3-9-15;/h1-3,6-10,13H,4-5,11-12,19H2,(H,20,21);1H. The lowest BCUT2D eigenvalue weighted by Gasteiger charge is -2.22. The average molecular weight is 333 g/mol. The number of nitrogens with two attached hydrogens (primary N) is 1. The number of hydrogen-bond acceptors (Lipinski definition) is 3. The lowest BCUT2D eigenvalue weighted by molar-refractivity contribution is -0.121. The van der Waals surface area contributed by atoms with Crippen LogP contribution in [-0.2, 0) is 4.79 Å². The molecule has 5 heteroatoms. The van der Waals surface area contributed by atoms with Crippen molar-refractivity contribution in [2.45, 2.75) is 31.2 Å². The number of nitrogens with one attached hydrogen (secondary N) is 1. The molecular weight excluding hydrogens is 312 g/mol. The highest BCUT2D eigenvalue weighted by Gasteiger charge is 2.36. The summed E-state index contributed by atoms with van der Waals surface area (Å²) in [4.78, 5) is 12.3. The predicted octanol–water partition coefficient (Wildman–Crippen LogP) is 4.11. The number of halogens is 1. The van der Waals surface area contributed by atoms with Gasteiger partial charge in [-0.1, -0.05) is 37.1 Å². The van der Waals surface area contributed by atoms with Gasteiger partial charge in [0.15, 0.2) is 0 Å². The summed E-state index contributed by atoms with van der Waals surface area (Å²) in [6, 6.07) is 16.9. The van der Waals surface area contributed by atoms with E-state index in [9.17, 15) is 4.79 Å². The third-order valence-electron chi connectivity index (χ3n) is 4.02. The van der Waals surface area contributed by atoms with Gasteiger partial charge in [-0.3, -0.25) is 4.79 Å². The van der Waals surface area contributed by atoms with Crippen molar-refractivity contribution in [2.24, 2.45) is 5.73 Å². The number of anilines is 1. The summed E-state index contributed by atoms with van der Waals surface area (Å²) in [6.45, 7) is 0. The van der Waals surface area contributed by atoms with Crippen molar-refractivity contribution >= 4 is 24.0 Å². The molecule has 4 nitrogen and oxygen atoms in total. The first kappa shape index (κ1) is 17.3. The Labute approximate surface area is 142 Å². The van der Waals surface area contributed by atoms with Crippen LogP contribution in [0.5, 0.6) is 11.5 Å². The molecule has 2 aromatic carbocycles. The summed E-state index contributed by atoms with van der Waals surface area (Å²) in [7, 11) is 0. The normalized spacial score (nSPS) is 15.5. The minimum absolute atomic E-state index is 0. The molecule has 1 saturated carbocycles. The number of benzene rings is 2. The molecule has 3 rings (SSSR count). The van der Waals surface area contributed by atoms with Crippen molar-refractivity contribution in [3.63, 3.8) is 0 Å². The van der Waals surface area contributed by atoms with E-state index < -0.39 is 5.54 Å². The summed E-state index contributed by atoms with van der Waals surface area (Å²) < 4.78 is 5.77. The molecule has 0 heterocycles. The van der Waals surface area contributed by atoms with Crippen LogP contribution in [-0.4, -0.2) is 11.4 Å². The van der Waals surface area contributed by atoms with Crippen LogP contribution in [0, 0.1) is 0 Å². The molecule has 0 unspecified atom stereocenters. The molecular formula is C18H21ClN2O2. The van der Waals surface area contributed by atoms with Crippen LogP contribution in [0.2, 0.25) is 0 Å². The zero-order chi connectivity index (χ0) is 15.4. The van der Waals surface area contributed by atoms with Gasteiger partial charge in [0, 0.05) is 11.8 Å². The minimum atomic E-state index is -0.726. The second kappa shape index (κ2) is 7.49. The zero-order valence-electron chi connectivity index (χ0n) is 12.8. The molecule has 2 aromatic rings. The van der Waals surface area contributed by atoms with Gasteiger partial charge in [-0.2, -0.15) is 0 Å². The Morgan fingerprint density at radius 1 is 1.00 bits per heavy atom. The highest BCUT2D eigenvalue weighted by molar-refractivity contribution is 5.98. The Balaban J connectivity index is 0.00000192. The van der Waals surface area contributed by atoms with Crippen LogP contribution < -0.4 is 15.8 Å². The molecule has 23 heavy (non-hydrogen) atoms. The van der Waals surface area contributed by atoms with Crippen molar-refractivity contribution < 1.29 is 9.53 Å². The van der Waals surface area contributed by atoms with Crippen LogP contribution in [0.3, 0.4) is 0 Å². The molecule has 1 aliphatic carbocycles. The monoisotopic (exact) mass is 332 g/mol. The molecule has 0 spiro atoms. The lowest BCUT2D eigenvalue weighted by atomic mass is 9.98. The van der Waals surface area contributed by atoms with Gasteiger partial charge in [0.25, 0.3) is 0 Å². The Morgan fingerprint density at radius 3 is 2.35 bits per heavy atom. The molecule has 122 valence electrons. The molecule has 3 N–H and O–H groups in total. The van der Waals surface area contributed by atoms with Gasteiger partial charge in [-0.15, -0.1) is 12.4 Å². The van der Waals surface area contributed by atoms with Gasteiger partial charge in [0.2, 0.25) is 5.91 Å². The first-order chi connectivity index (χ1) is 10.7. The van der Waals surface area contributed by atoms with E-state index >= 15 is 0 Å². The quantitative estimate of drug-likeness (QED) is 0.885. The molecule has 0 aliphatic heterocycles. The van der Waals surface area contributed by atoms with Crippen molar-refractivity contribution in [1.82, 2.24) is 0 Å². The summed E-state index contributed by atoms with van der Waals surface area (Å²) in [6.07, 6.45) is 3.53. The van der Waals surface area contributed by atoms with E-state index in [4.69, 9.17) is 10.5 Å². The van der Waals surface area contributed by atoms with Gasteiger partial charge in [-0.05, 0) is 37.1 Å². The van der Waals surface area contributed by atoms with E-state index in [1.54, 1.807) is 0 Å². The number of rotatable bonds is 4. The lowest BCUT2D eigenvalue weighted by Crippen LogP contribution is -2.48. The Morgan fingerprint density at radius 2 is 1.65 bits per heavy atom. The van der Waals surface area contributed by atoms with Crippen LogP contribution in [0.1, 0.15) is 25.7 Å². The summed E-state index contributed by atoms with van der Waals surface area (Å²) in [5.74, 6) is 1.33. The van der Waals surface area contributed by atoms with Crippen molar-refractivity contribution in [3.8, 4) is 11.5 Å². The molecule has 0 radical (unpaired) electrons.